The third kappa shape index (κ3) is 5.47. The third-order valence-corrected chi connectivity index (χ3v) is 5.94. The molecule has 0 saturated heterocycles. The van der Waals surface area contributed by atoms with Gasteiger partial charge >= 0.3 is 0 Å². The zero-order valence-electron chi connectivity index (χ0n) is 15.3. The maximum absolute atomic E-state index is 12.4. The van der Waals surface area contributed by atoms with Crippen molar-refractivity contribution in [3.8, 4) is 0 Å². The molecule has 0 bridgehead atoms. The standard InChI is InChI=1S/C21H20ClNO4S/c1-15(17-5-3-2-4-6-17)23-21(24)20-12-11-19(27-20)14-28(25,26)13-16-7-9-18(22)10-8-16/h2-12,15H,13-14H2,1H3,(H,23,24)/t15-/m0/s1. The Morgan fingerprint density at radius 1 is 1.00 bits per heavy atom. The molecule has 28 heavy (non-hydrogen) atoms. The number of sulfone groups is 1. The zero-order chi connectivity index (χ0) is 20.1. The smallest absolute Gasteiger partial charge is 0.287 e. The molecule has 1 atom stereocenters. The molecule has 3 aromatic rings. The first-order valence-corrected chi connectivity index (χ1v) is 10.9. The van der Waals surface area contributed by atoms with Crippen LogP contribution in [0.15, 0.2) is 71.1 Å². The van der Waals surface area contributed by atoms with Crippen LogP contribution in [-0.2, 0) is 21.3 Å². The van der Waals surface area contributed by atoms with Crippen LogP contribution in [0.4, 0.5) is 0 Å². The van der Waals surface area contributed by atoms with Gasteiger partial charge in [0.25, 0.3) is 5.91 Å². The van der Waals surface area contributed by atoms with E-state index in [1.165, 1.54) is 12.1 Å². The van der Waals surface area contributed by atoms with E-state index < -0.39 is 15.7 Å². The number of halogens is 1. The van der Waals surface area contributed by atoms with E-state index in [4.69, 9.17) is 16.0 Å². The van der Waals surface area contributed by atoms with E-state index in [-0.39, 0.29) is 29.1 Å². The van der Waals surface area contributed by atoms with Gasteiger partial charge in [0.2, 0.25) is 0 Å². The molecule has 0 unspecified atom stereocenters. The quantitative estimate of drug-likeness (QED) is 0.612. The van der Waals surface area contributed by atoms with Crippen molar-refractivity contribution in [2.45, 2.75) is 24.5 Å². The molecule has 1 aromatic heterocycles. The molecule has 7 heteroatoms. The van der Waals surface area contributed by atoms with Crippen molar-refractivity contribution in [3.05, 3.63) is 94.4 Å². The van der Waals surface area contributed by atoms with Crippen LogP contribution < -0.4 is 5.32 Å². The second-order valence-corrected chi connectivity index (χ2v) is 9.03. The first-order valence-electron chi connectivity index (χ1n) is 8.72. The van der Waals surface area contributed by atoms with Crippen LogP contribution in [0.1, 0.15) is 40.4 Å². The summed E-state index contributed by atoms with van der Waals surface area (Å²) in [4.78, 5) is 12.4. The van der Waals surface area contributed by atoms with Gasteiger partial charge in [-0.25, -0.2) is 8.42 Å². The van der Waals surface area contributed by atoms with E-state index in [1.807, 2.05) is 37.3 Å². The van der Waals surface area contributed by atoms with Crippen LogP contribution in [0.2, 0.25) is 5.02 Å². The van der Waals surface area contributed by atoms with Crippen molar-refractivity contribution in [1.82, 2.24) is 5.32 Å². The molecule has 1 heterocycles. The van der Waals surface area contributed by atoms with Gasteiger partial charge in [0, 0.05) is 5.02 Å². The number of rotatable bonds is 7. The minimum absolute atomic E-state index is 0.0828. The Kier molecular flexibility index (Phi) is 6.21. The molecule has 0 spiro atoms. The van der Waals surface area contributed by atoms with Crippen molar-refractivity contribution in [2.75, 3.05) is 0 Å². The minimum Gasteiger partial charge on any atom is -0.455 e. The highest BCUT2D eigenvalue weighted by Crippen LogP contribution is 2.18. The summed E-state index contributed by atoms with van der Waals surface area (Å²) in [7, 11) is -3.45. The molecule has 2 aromatic carbocycles. The molecular weight excluding hydrogens is 398 g/mol. The fourth-order valence-electron chi connectivity index (χ4n) is 2.77. The second-order valence-electron chi connectivity index (χ2n) is 6.53. The van der Waals surface area contributed by atoms with Crippen molar-refractivity contribution in [2.24, 2.45) is 0 Å². The molecule has 0 fully saturated rings. The number of benzene rings is 2. The van der Waals surface area contributed by atoms with E-state index in [1.54, 1.807) is 24.3 Å². The van der Waals surface area contributed by atoms with Crippen LogP contribution in [0.5, 0.6) is 0 Å². The van der Waals surface area contributed by atoms with Crippen LogP contribution in [-0.4, -0.2) is 14.3 Å². The monoisotopic (exact) mass is 417 g/mol. The van der Waals surface area contributed by atoms with Crippen LogP contribution in [0.25, 0.3) is 0 Å². The maximum Gasteiger partial charge on any atom is 0.287 e. The van der Waals surface area contributed by atoms with Gasteiger partial charge in [0.1, 0.15) is 11.5 Å². The molecule has 0 radical (unpaired) electrons. The summed E-state index contributed by atoms with van der Waals surface area (Å²) >= 11 is 5.82. The zero-order valence-corrected chi connectivity index (χ0v) is 16.8. The van der Waals surface area contributed by atoms with Crippen molar-refractivity contribution in [3.63, 3.8) is 0 Å². The highest BCUT2D eigenvalue weighted by Gasteiger charge is 2.19. The van der Waals surface area contributed by atoms with E-state index >= 15 is 0 Å². The lowest BCUT2D eigenvalue weighted by atomic mass is 10.1. The van der Waals surface area contributed by atoms with Crippen molar-refractivity contribution in [1.29, 1.82) is 0 Å². The van der Waals surface area contributed by atoms with Gasteiger partial charge in [0.05, 0.1) is 11.8 Å². The largest absolute Gasteiger partial charge is 0.455 e. The molecule has 1 amide bonds. The number of hydrogen-bond donors (Lipinski definition) is 1. The summed E-state index contributed by atoms with van der Waals surface area (Å²) in [6.07, 6.45) is 0. The Bertz CT molecular complexity index is 1040. The van der Waals surface area contributed by atoms with E-state index in [0.29, 0.717) is 10.6 Å². The maximum atomic E-state index is 12.4. The summed E-state index contributed by atoms with van der Waals surface area (Å²) in [5.74, 6) is -0.488. The molecule has 1 N–H and O–H groups in total. The molecule has 0 aliphatic rings. The third-order valence-electron chi connectivity index (χ3n) is 4.19. The Balaban J connectivity index is 1.63. The Morgan fingerprint density at radius 2 is 1.68 bits per heavy atom. The van der Waals surface area contributed by atoms with E-state index in [9.17, 15) is 13.2 Å². The molecule has 0 aliphatic heterocycles. The number of nitrogens with one attached hydrogen (secondary N) is 1. The lowest BCUT2D eigenvalue weighted by Gasteiger charge is -2.13. The van der Waals surface area contributed by atoms with Gasteiger partial charge in [-0.1, -0.05) is 54.1 Å². The summed E-state index contributed by atoms with van der Waals surface area (Å²) in [5.41, 5.74) is 1.61. The number of carbonyl (C=O) groups excluding carboxylic acids is 1. The summed E-state index contributed by atoms with van der Waals surface area (Å²) in [6.45, 7) is 1.87. The van der Waals surface area contributed by atoms with Gasteiger partial charge in [-0.3, -0.25) is 4.79 Å². The fourth-order valence-corrected chi connectivity index (χ4v) is 4.29. The summed E-state index contributed by atoms with van der Waals surface area (Å²) in [5, 5.41) is 3.39. The number of carbonyl (C=O) groups is 1. The molecule has 5 nitrogen and oxygen atoms in total. The predicted octanol–water partition coefficient (Wildman–Crippen LogP) is 4.54. The van der Waals surface area contributed by atoms with Crippen LogP contribution >= 0.6 is 11.6 Å². The average Bonchev–Trinajstić information content (AvgIpc) is 3.12. The van der Waals surface area contributed by atoms with Gasteiger partial charge < -0.3 is 9.73 Å². The predicted molar refractivity (Wildman–Crippen MR) is 109 cm³/mol. The van der Waals surface area contributed by atoms with E-state index in [0.717, 1.165) is 5.56 Å². The number of furan rings is 1. The van der Waals surface area contributed by atoms with Crippen molar-refractivity contribution >= 4 is 27.3 Å². The molecule has 0 aliphatic carbocycles. The Hall–Kier alpha value is -2.57. The fraction of sp³-hybridized carbons (Fsp3) is 0.190. The molecule has 0 saturated carbocycles. The normalized spacial score (nSPS) is 12.5. The van der Waals surface area contributed by atoms with E-state index in [2.05, 4.69) is 5.32 Å². The molecule has 3 rings (SSSR count). The first-order chi connectivity index (χ1) is 13.3. The summed E-state index contributed by atoms with van der Waals surface area (Å²) < 4.78 is 30.3. The lowest BCUT2D eigenvalue weighted by Crippen LogP contribution is -2.26. The van der Waals surface area contributed by atoms with Gasteiger partial charge in [0.15, 0.2) is 15.6 Å². The molecular formula is C21H20ClNO4S. The SMILES string of the molecule is C[C@H](NC(=O)c1ccc(CS(=O)(=O)Cc2ccc(Cl)cc2)o1)c1ccccc1. The Morgan fingerprint density at radius 3 is 2.36 bits per heavy atom. The van der Waals surface area contributed by atoms with Crippen LogP contribution in [0, 0.1) is 0 Å². The highest BCUT2D eigenvalue weighted by molar-refractivity contribution is 7.89. The summed E-state index contributed by atoms with van der Waals surface area (Å²) in [6, 6.07) is 19.0. The van der Waals surface area contributed by atoms with Gasteiger partial charge in [-0.15, -0.1) is 0 Å². The average molecular weight is 418 g/mol. The highest BCUT2D eigenvalue weighted by atomic mass is 35.5. The first kappa shape index (κ1) is 20.2. The topological polar surface area (TPSA) is 76.4 Å². The number of amides is 1. The second kappa shape index (κ2) is 8.63. The van der Waals surface area contributed by atoms with Gasteiger partial charge in [-0.2, -0.15) is 0 Å². The molecule has 146 valence electrons. The lowest BCUT2D eigenvalue weighted by molar-refractivity contribution is 0.0910. The Labute approximate surface area is 169 Å². The number of hydrogen-bond acceptors (Lipinski definition) is 4. The van der Waals surface area contributed by atoms with Crippen LogP contribution in [0.3, 0.4) is 0 Å². The van der Waals surface area contributed by atoms with Crippen molar-refractivity contribution < 1.29 is 17.6 Å². The minimum atomic E-state index is -3.45. The van der Waals surface area contributed by atoms with Gasteiger partial charge in [-0.05, 0) is 42.3 Å².